The third-order valence-corrected chi connectivity index (χ3v) is 4.59. The van der Waals surface area contributed by atoms with Gasteiger partial charge in [-0.3, -0.25) is 4.79 Å². The largest absolute Gasteiger partial charge is 0.343 e. The summed E-state index contributed by atoms with van der Waals surface area (Å²) in [4.78, 5) is 17.1. The van der Waals surface area contributed by atoms with E-state index in [1.165, 1.54) is 0 Å². The van der Waals surface area contributed by atoms with Gasteiger partial charge in [0, 0.05) is 12.6 Å². The van der Waals surface area contributed by atoms with Crippen molar-refractivity contribution in [2.24, 2.45) is 5.92 Å². The summed E-state index contributed by atoms with van der Waals surface area (Å²) >= 11 is 0. The molecule has 27 heavy (non-hydrogen) atoms. The topological polar surface area (TPSA) is 46.9 Å². The molecule has 0 bridgehead atoms. The van der Waals surface area contributed by atoms with Gasteiger partial charge in [0.1, 0.15) is 5.82 Å². The number of fused-ring (bicyclic) bond motifs is 1. The number of amides is 1. The van der Waals surface area contributed by atoms with Crippen LogP contribution >= 0.6 is 0 Å². The Morgan fingerprint density at radius 1 is 1.07 bits per heavy atom. The molecule has 3 rings (SSSR count). The zero-order valence-electron chi connectivity index (χ0n) is 16.2. The Bertz CT molecular complexity index is 925. The van der Waals surface area contributed by atoms with Gasteiger partial charge in [-0.15, -0.1) is 0 Å². The number of nitrogens with zero attached hydrogens (tertiary/aromatic N) is 2. The number of para-hydroxylation sites is 2. The zero-order valence-corrected chi connectivity index (χ0v) is 16.2. The lowest BCUT2D eigenvalue weighted by Crippen LogP contribution is -2.27. The Balaban J connectivity index is 1.78. The van der Waals surface area contributed by atoms with Crippen LogP contribution in [0, 0.1) is 5.92 Å². The Kier molecular flexibility index (Phi) is 6.07. The molecule has 1 N–H and O–H groups in total. The fourth-order valence-electron chi connectivity index (χ4n) is 3.11. The molecule has 1 aromatic heterocycles. The molecule has 1 heterocycles. The van der Waals surface area contributed by atoms with Crippen molar-refractivity contribution in [1.29, 1.82) is 0 Å². The van der Waals surface area contributed by atoms with Gasteiger partial charge in [-0.2, -0.15) is 0 Å². The SMILES string of the molecule is CC(C)CCn1c(C(C)NC(=O)/C=C\c2ccccc2)nc2ccccc21. The number of rotatable bonds is 7. The number of carbonyl (C=O) groups is 1. The second kappa shape index (κ2) is 8.67. The minimum Gasteiger partial charge on any atom is -0.343 e. The average Bonchev–Trinajstić information content (AvgIpc) is 3.04. The molecule has 1 amide bonds. The summed E-state index contributed by atoms with van der Waals surface area (Å²) in [7, 11) is 0. The van der Waals surface area contributed by atoms with E-state index in [4.69, 9.17) is 4.98 Å². The lowest BCUT2D eigenvalue weighted by atomic mass is 10.1. The van der Waals surface area contributed by atoms with Crippen LogP contribution in [0.4, 0.5) is 0 Å². The van der Waals surface area contributed by atoms with E-state index in [1.807, 2.05) is 61.5 Å². The highest BCUT2D eigenvalue weighted by atomic mass is 16.1. The van der Waals surface area contributed by atoms with Gasteiger partial charge in [0.2, 0.25) is 5.91 Å². The molecule has 0 aliphatic heterocycles. The van der Waals surface area contributed by atoms with Crippen molar-refractivity contribution in [3.05, 3.63) is 72.1 Å². The number of aromatic nitrogens is 2. The number of aryl methyl sites for hydroxylation is 1. The first-order valence-electron chi connectivity index (χ1n) is 9.53. The fourth-order valence-corrected chi connectivity index (χ4v) is 3.11. The van der Waals surface area contributed by atoms with E-state index in [0.29, 0.717) is 5.92 Å². The van der Waals surface area contributed by atoms with E-state index in [1.54, 1.807) is 6.08 Å². The predicted molar refractivity (Wildman–Crippen MR) is 111 cm³/mol. The zero-order chi connectivity index (χ0) is 19.2. The van der Waals surface area contributed by atoms with Crippen LogP contribution in [0.2, 0.25) is 0 Å². The monoisotopic (exact) mass is 361 g/mol. The molecule has 2 aromatic carbocycles. The standard InChI is InChI=1S/C23H27N3O/c1-17(2)15-16-26-21-12-8-7-11-20(21)25-23(26)18(3)24-22(27)14-13-19-9-5-4-6-10-19/h4-14,17-18H,15-16H2,1-3H3,(H,24,27)/b14-13-. The van der Waals surface area contributed by atoms with E-state index in [2.05, 4.69) is 29.8 Å². The summed E-state index contributed by atoms with van der Waals surface area (Å²) in [5, 5.41) is 3.05. The minimum atomic E-state index is -0.169. The minimum absolute atomic E-state index is 0.117. The molecule has 4 heteroatoms. The van der Waals surface area contributed by atoms with Gasteiger partial charge in [0.15, 0.2) is 0 Å². The van der Waals surface area contributed by atoms with Gasteiger partial charge >= 0.3 is 0 Å². The second-order valence-corrected chi connectivity index (χ2v) is 7.27. The lowest BCUT2D eigenvalue weighted by molar-refractivity contribution is -0.117. The van der Waals surface area contributed by atoms with Crippen LogP contribution in [0.15, 0.2) is 60.7 Å². The van der Waals surface area contributed by atoms with Gasteiger partial charge in [0.05, 0.1) is 17.1 Å². The van der Waals surface area contributed by atoms with Crippen molar-refractivity contribution in [3.63, 3.8) is 0 Å². The summed E-state index contributed by atoms with van der Waals surface area (Å²) in [5.74, 6) is 1.39. The summed E-state index contributed by atoms with van der Waals surface area (Å²) in [6.07, 6.45) is 4.47. The summed E-state index contributed by atoms with van der Waals surface area (Å²) in [6.45, 7) is 7.33. The van der Waals surface area contributed by atoms with Gasteiger partial charge in [-0.25, -0.2) is 4.98 Å². The Hall–Kier alpha value is -2.88. The Morgan fingerprint density at radius 3 is 2.52 bits per heavy atom. The maximum Gasteiger partial charge on any atom is 0.244 e. The first-order valence-corrected chi connectivity index (χ1v) is 9.53. The van der Waals surface area contributed by atoms with Crippen molar-refractivity contribution in [2.75, 3.05) is 0 Å². The van der Waals surface area contributed by atoms with Gasteiger partial charge in [0.25, 0.3) is 0 Å². The third-order valence-electron chi connectivity index (χ3n) is 4.59. The highest BCUT2D eigenvalue weighted by Crippen LogP contribution is 2.22. The molecule has 1 unspecified atom stereocenters. The molecule has 1 atom stereocenters. The molecular weight excluding hydrogens is 334 g/mol. The van der Waals surface area contributed by atoms with E-state index < -0.39 is 0 Å². The Morgan fingerprint density at radius 2 is 1.78 bits per heavy atom. The first-order chi connectivity index (χ1) is 13.0. The highest BCUT2D eigenvalue weighted by molar-refractivity contribution is 5.92. The van der Waals surface area contributed by atoms with Crippen LogP contribution in [0.1, 0.15) is 44.6 Å². The molecular formula is C23H27N3O. The lowest BCUT2D eigenvalue weighted by Gasteiger charge is -2.16. The summed E-state index contributed by atoms with van der Waals surface area (Å²) < 4.78 is 2.24. The van der Waals surface area contributed by atoms with Crippen molar-refractivity contribution in [1.82, 2.24) is 14.9 Å². The quantitative estimate of drug-likeness (QED) is 0.604. The molecule has 0 saturated heterocycles. The van der Waals surface area contributed by atoms with E-state index in [0.717, 1.165) is 35.4 Å². The molecule has 3 aromatic rings. The van der Waals surface area contributed by atoms with Crippen LogP contribution in [0.3, 0.4) is 0 Å². The maximum absolute atomic E-state index is 12.4. The predicted octanol–water partition coefficient (Wildman–Crippen LogP) is 4.97. The van der Waals surface area contributed by atoms with Crippen LogP contribution in [-0.2, 0) is 11.3 Å². The van der Waals surface area contributed by atoms with Crippen LogP contribution in [-0.4, -0.2) is 15.5 Å². The van der Waals surface area contributed by atoms with Crippen molar-refractivity contribution < 1.29 is 4.79 Å². The number of hydrogen-bond acceptors (Lipinski definition) is 2. The smallest absolute Gasteiger partial charge is 0.244 e. The molecule has 0 radical (unpaired) electrons. The summed E-state index contributed by atoms with van der Waals surface area (Å²) in [6, 6.07) is 17.8. The van der Waals surface area contributed by atoms with Crippen molar-refractivity contribution in [2.45, 2.75) is 39.8 Å². The Labute approximate surface area is 160 Å². The number of imidazole rings is 1. The molecule has 0 saturated carbocycles. The summed E-state index contributed by atoms with van der Waals surface area (Å²) in [5.41, 5.74) is 3.09. The first kappa shape index (κ1) is 18.9. The van der Waals surface area contributed by atoms with Crippen LogP contribution in [0.25, 0.3) is 17.1 Å². The third kappa shape index (κ3) is 4.85. The van der Waals surface area contributed by atoms with E-state index in [-0.39, 0.29) is 11.9 Å². The number of hydrogen-bond donors (Lipinski definition) is 1. The maximum atomic E-state index is 12.4. The average molecular weight is 361 g/mol. The van der Waals surface area contributed by atoms with Crippen LogP contribution < -0.4 is 5.32 Å². The normalized spacial score (nSPS) is 12.7. The molecule has 4 nitrogen and oxygen atoms in total. The van der Waals surface area contributed by atoms with Gasteiger partial charge in [-0.05, 0) is 43.0 Å². The molecule has 0 aliphatic carbocycles. The van der Waals surface area contributed by atoms with E-state index >= 15 is 0 Å². The number of benzene rings is 2. The fraction of sp³-hybridized carbons (Fsp3) is 0.304. The van der Waals surface area contributed by atoms with Crippen molar-refractivity contribution >= 4 is 23.0 Å². The molecule has 0 fully saturated rings. The second-order valence-electron chi connectivity index (χ2n) is 7.27. The molecule has 140 valence electrons. The molecule has 0 aliphatic rings. The number of carbonyl (C=O) groups excluding carboxylic acids is 1. The molecule has 0 spiro atoms. The van der Waals surface area contributed by atoms with E-state index in [9.17, 15) is 4.79 Å². The van der Waals surface area contributed by atoms with Crippen molar-refractivity contribution in [3.8, 4) is 0 Å². The number of nitrogens with one attached hydrogen (secondary N) is 1. The van der Waals surface area contributed by atoms with Gasteiger partial charge < -0.3 is 9.88 Å². The van der Waals surface area contributed by atoms with Crippen LogP contribution in [0.5, 0.6) is 0 Å². The highest BCUT2D eigenvalue weighted by Gasteiger charge is 2.17. The van der Waals surface area contributed by atoms with Gasteiger partial charge in [-0.1, -0.05) is 56.3 Å².